The van der Waals surface area contributed by atoms with Crippen LogP contribution >= 0.6 is 0 Å². The Bertz CT molecular complexity index is 722. The minimum Gasteiger partial charge on any atom is -0.391 e. The Morgan fingerprint density at radius 3 is 2.67 bits per heavy atom. The van der Waals surface area contributed by atoms with Crippen molar-refractivity contribution < 1.29 is 10.0 Å². The first-order chi connectivity index (χ1) is 10.1. The molecule has 0 saturated heterocycles. The van der Waals surface area contributed by atoms with Gasteiger partial charge < -0.3 is 9.67 Å². The third-order valence-electron chi connectivity index (χ3n) is 3.22. The molecule has 0 radical (unpaired) electrons. The zero-order valence-electron chi connectivity index (χ0n) is 11.7. The van der Waals surface area contributed by atoms with Crippen LogP contribution in [0.15, 0.2) is 41.2 Å². The first kappa shape index (κ1) is 14.9. The van der Waals surface area contributed by atoms with Crippen molar-refractivity contribution in [3.05, 3.63) is 62.4 Å². The van der Waals surface area contributed by atoms with Crippen molar-refractivity contribution in [2.45, 2.75) is 26.5 Å². The van der Waals surface area contributed by atoms with E-state index in [1.165, 1.54) is 12.1 Å². The molecule has 2 aromatic rings. The average molecular weight is 288 g/mol. The van der Waals surface area contributed by atoms with Gasteiger partial charge in [0.15, 0.2) is 0 Å². The lowest BCUT2D eigenvalue weighted by Gasteiger charge is -2.13. The van der Waals surface area contributed by atoms with Gasteiger partial charge in [0.05, 0.1) is 17.2 Å². The maximum Gasteiger partial charge on any atom is 0.270 e. The molecule has 0 unspecified atom stereocenters. The van der Waals surface area contributed by atoms with Gasteiger partial charge in [-0.05, 0) is 18.6 Å². The smallest absolute Gasteiger partial charge is 0.270 e. The number of aliphatic hydroxyl groups is 1. The normalized spacial score (nSPS) is 10.6. The summed E-state index contributed by atoms with van der Waals surface area (Å²) in [6.07, 6.45) is 0.747. The maximum absolute atomic E-state index is 12.3. The SMILES string of the molecule is CCCn1c(-c2cccc([N+](=O)[O-])c2)ccc(CO)c1=O. The van der Waals surface area contributed by atoms with E-state index in [0.717, 1.165) is 6.42 Å². The van der Waals surface area contributed by atoms with Crippen LogP contribution in [0.3, 0.4) is 0 Å². The summed E-state index contributed by atoms with van der Waals surface area (Å²) < 4.78 is 1.55. The lowest BCUT2D eigenvalue weighted by atomic mass is 10.1. The summed E-state index contributed by atoms with van der Waals surface area (Å²) in [5.41, 5.74) is 1.26. The molecule has 0 atom stereocenters. The highest BCUT2D eigenvalue weighted by Gasteiger charge is 2.12. The zero-order valence-corrected chi connectivity index (χ0v) is 11.7. The molecule has 0 aliphatic carbocycles. The summed E-state index contributed by atoms with van der Waals surface area (Å²) in [6, 6.07) is 9.44. The highest BCUT2D eigenvalue weighted by molar-refractivity contribution is 5.63. The fourth-order valence-electron chi connectivity index (χ4n) is 2.22. The lowest BCUT2D eigenvalue weighted by molar-refractivity contribution is -0.384. The number of hydrogen-bond acceptors (Lipinski definition) is 4. The molecular weight excluding hydrogens is 272 g/mol. The molecule has 0 aliphatic heterocycles. The van der Waals surface area contributed by atoms with Gasteiger partial charge in [0.1, 0.15) is 0 Å². The highest BCUT2D eigenvalue weighted by Crippen LogP contribution is 2.23. The van der Waals surface area contributed by atoms with Crippen molar-refractivity contribution in [2.24, 2.45) is 0 Å². The van der Waals surface area contributed by atoms with Crippen LogP contribution in [0.25, 0.3) is 11.3 Å². The number of nitrogens with zero attached hydrogens (tertiary/aromatic N) is 2. The molecule has 0 spiro atoms. The van der Waals surface area contributed by atoms with Crippen LogP contribution in [-0.4, -0.2) is 14.6 Å². The van der Waals surface area contributed by atoms with Gasteiger partial charge in [-0.3, -0.25) is 14.9 Å². The molecular formula is C15H16N2O4. The summed E-state index contributed by atoms with van der Waals surface area (Å²) >= 11 is 0. The third-order valence-corrected chi connectivity index (χ3v) is 3.22. The Kier molecular flexibility index (Phi) is 4.49. The quantitative estimate of drug-likeness (QED) is 0.676. The van der Waals surface area contributed by atoms with E-state index in [-0.39, 0.29) is 17.9 Å². The molecule has 110 valence electrons. The number of aliphatic hydroxyl groups excluding tert-OH is 1. The van der Waals surface area contributed by atoms with Crippen LogP contribution in [0.1, 0.15) is 18.9 Å². The Balaban J connectivity index is 2.63. The molecule has 0 aliphatic rings. The Morgan fingerprint density at radius 1 is 1.29 bits per heavy atom. The summed E-state index contributed by atoms with van der Waals surface area (Å²) in [5.74, 6) is 0. The topological polar surface area (TPSA) is 85.4 Å². The van der Waals surface area contributed by atoms with Gasteiger partial charge in [-0.1, -0.05) is 19.1 Å². The standard InChI is InChI=1S/C15H16N2O4/c1-2-8-16-14(7-6-12(10-18)15(16)19)11-4-3-5-13(9-11)17(20)21/h3-7,9,18H,2,8,10H2,1H3. The van der Waals surface area contributed by atoms with E-state index in [2.05, 4.69) is 0 Å². The second-order valence-electron chi connectivity index (χ2n) is 4.67. The molecule has 1 N–H and O–H groups in total. The molecule has 21 heavy (non-hydrogen) atoms. The van der Waals surface area contributed by atoms with Gasteiger partial charge in [0, 0.05) is 29.8 Å². The predicted molar refractivity (Wildman–Crippen MR) is 79.0 cm³/mol. The number of aromatic nitrogens is 1. The summed E-state index contributed by atoms with van der Waals surface area (Å²) in [5, 5.41) is 20.1. The molecule has 0 bridgehead atoms. The molecule has 6 heteroatoms. The number of pyridine rings is 1. The molecule has 0 saturated carbocycles. The number of nitro benzene ring substituents is 1. The monoisotopic (exact) mass is 288 g/mol. The van der Waals surface area contributed by atoms with Crippen molar-refractivity contribution in [3.63, 3.8) is 0 Å². The molecule has 6 nitrogen and oxygen atoms in total. The molecule has 1 aromatic heterocycles. The number of benzene rings is 1. The number of non-ortho nitro benzene ring substituents is 1. The van der Waals surface area contributed by atoms with E-state index in [4.69, 9.17) is 0 Å². The first-order valence-electron chi connectivity index (χ1n) is 6.67. The van der Waals surface area contributed by atoms with E-state index < -0.39 is 4.92 Å². The number of hydrogen-bond donors (Lipinski definition) is 1. The highest BCUT2D eigenvalue weighted by atomic mass is 16.6. The number of rotatable bonds is 5. The second-order valence-corrected chi connectivity index (χ2v) is 4.67. The van der Waals surface area contributed by atoms with Crippen molar-refractivity contribution >= 4 is 5.69 Å². The van der Waals surface area contributed by atoms with E-state index in [9.17, 15) is 20.0 Å². The summed E-state index contributed by atoms with van der Waals surface area (Å²) in [6.45, 7) is 2.11. The van der Waals surface area contributed by atoms with Crippen molar-refractivity contribution in [2.75, 3.05) is 0 Å². The van der Waals surface area contributed by atoms with Crippen LogP contribution in [0.5, 0.6) is 0 Å². The van der Waals surface area contributed by atoms with Crippen molar-refractivity contribution in [1.29, 1.82) is 0 Å². The predicted octanol–water partition coefficient (Wildman–Crippen LogP) is 2.33. The van der Waals surface area contributed by atoms with E-state index >= 15 is 0 Å². The van der Waals surface area contributed by atoms with Crippen LogP contribution < -0.4 is 5.56 Å². The number of nitro groups is 1. The average Bonchev–Trinajstić information content (AvgIpc) is 2.49. The van der Waals surface area contributed by atoms with Crippen molar-refractivity contribution in [1.82, 2.24) is 4.57 Å². The van der Waals surface area contributed by atoms with Crippen LogP contribution in [0, 0.1) is 10.1 Å². The Labute approximate surface area is 121 Å². The maximum atomic E-state index is 12.3. The molecule has 1 heterocycles. The van der Waals surface area contributed by atoms with Gasteiger partial charge in [-0.2, -0.15) is 0 Å². The van der Waals surface area contributed by atoms with Crippen LogP contribution in [0.2, 0.25) is 0 Å². The van der Waals surface area contributed by atoms with Gasteiger partial charge in [0.25, 0.3) is 11.2 Å². The third kappa shape index (κ3) is 3.00. The second kappa shape index (κ2) is 6.32. The lowest BCUT2D eigenvalue weighted by Crippen LogP contribution is -2.25. The van der Waals surface area contributed by atoms with E-state index in [1.807, 2.05) is 6.92 Å². The van der Waals surface area contributed by atoms with E-state index in [1.54, 1.807) is 28.8 Å². The fraction of sp³-hybridized carbons (Fsp3) is 0.267. The van der Waals surface area contributed by atoms with Crippen LogP contribution in [0.4, 0.5) is 5.69 Å². The van der Waals surface area contributed by atoms with E-state index in [0.29, 0.717) is 23.4 Å². The first-order valence-corrected chi connectivity index (χ1v) is 6.67. The van der Waals surface area contributed by atoms with Gasteiger partial charge in [-0.25, -0.2) is 0 Å². The molecule has 0 fully saturated rings. The molecule has 1 aromatic carbocycles. The van der Waals surface area contributed by atoms with Gasteiger partial charge in [-0.15, -0.1) is 0 Å². The molecule has 0 amide bonds. The zero-order chi connectivity index (χ0) is 15.4. The Hall–Kier alpha value is -2.47. The summed E-state index contributed by atoms with van der Waals surface area (Å²) in [7, 11) is 0. The Morgan fingerprint density at radius 2 is 2.05 bits per heavy atom. The largest absolute Gasteiger partial charge is 0.391 e. The van der Waals surface area contributed by atoms with Gasteiger partial charge >= 0.3 is 0 Å². The fourth-order valence-corrected chi connectivity index (χ4v) is 2.22. The minimum absolute atomic E-state index is 0.0192. The summed E-state index contributed by atoms with van der Waals surface area (Å²) in [4.78, 5) is 22.7. The van der Waals surface area contributed by atoms with Crippen LogP contribution in [-0.2, 0) is 13.2 Å². The minimum atomic E-state index is -0.464. The molecule has 2 rings (SSSR count). The van der Waals surface area contributed by atoms with Crippen molar-refractivity contribution in [3.8, 4) is 11.3 Å². The van der Waals surface area contributed by atoms with Gasteiger partial charge in [0.2, 0.25) is 0 Å².